The van der Waals surface area contributed by atoms with Crippen molar-refractivity contribution < 1.29 is 32.3 Å². The predicted octanol–water partition coefficient (Wildman–Crippen LogP) is 0.107. The van der Waals surface area contributed by atoms with Gasteiger partial charge in [-0.15, -0.1) is 0 Å². The SMILES string of the molecule is COC1(C(F)(F)F)CN(C(=O)NC2CCC(=O)N(C)C2=O)C1. The van der Waals surface area contributed by atoms with E-state index in [-0.39, 0.29) is 18.7 Å². The number of hydrogen-bond acceptors (Lipinski definition) is 4. The number of hydrogen-bond donors (Lipinski definition) is 1. The second-order valence-corrected chi connectivity index (χ2v) is 5.38. The van der Waals surface area contributed by atoms with Crippen LogP contribution in [0.5, 0.6) is 0 Å². The maximum Gasteiger partial charge on any atom is 0.420 e. The molecule has 10 heteroatoms. The van der Waals surface area contributed by atoms with E-state index in [9.17, 15) is 27.6 Å². The Morgan fingerprint density at radius 1 is 1.36 bits per heavy atom. The third-order valence-electron chi connectivity index (χ3n) is 4.03. The Labute approximate surface area is 124 Å². The lowest BCUT2D eigenvalue weighted by Crippen LogP contribution is -2.73. The molecule has 2 saturated heterocycles. The van der Waals surface area contributed by atoms with Gasteiger partial charge in [-0.1, -0.05) is 0 Å². The van der Waals surface area contributed by atoms with Gasteiger partial charge >= 0.3 is 12.2 Å². The number of amides is 4. The summed E-state index contributed by atoms with van der Waals surface area (Å²) in [5, 5.41) is 2.36. The number of imide groups is 1. The van der Waals surface area contributed by atoms with Gasteiger partial charge in [-0.05, 0) is 6.42 Å². The lowest BCUT2D eigenvalue weighted by Gasteiger charge is -2.49. The number of ether oxygens (including phenoxy) is 1. The van der Waals surface area contributed by atoms with E-state index in [4.69, 9.17) is 0 Å². The Kier molecular flexibility index (Phi) is 4.07. The molecule has 0 saturated carbocycles. The molecule has 7 nitrogen and oxygen atoms in total. The van der Waals surface area contributed by atoms with E-state index in [1.54, 1.807) is 0 Å². The van der Waals surface area contributed by atoms with Crippen LogP contribution in [0.4, 0.5) is 18.0 Å². The lowest BCUT2D eigenvalue weighted by atomic mass is 9.93. The molecule has 0 spiro atoms. The number of carbonyl (C=O) groups excluding carboxylic acids is 3. The first-order valence-corrected chi connectivity index (χ1v) is 6.59. The molecule has 0 aromatic heterocycles. The predicted molar refractivity (Wildman–Crippen MR) is 66.7 cm³/mol. The van der Waals surface area contributed by atoms with Crippen molar-refractivity contribution in [1.82, 2.24) is 15.1 Å². The van der Waals surface area contributed by atoms with Gasteiger partial charge in [0.25, 0.3) is 5.91 Å². The molecule has 1 unspecified atom stereocenters. The van der Waals surface area contributed by atoms with Crippen molar-refractivity contribution in [2.45, 2.75) is 30.7 Å². The summed E-state index contributed by atoms with van der Waals surface area (Å²) in [6.07, 6.45) is -4.35. The summed E-state index contributed by atoms with van der Waals surface area (Å²) in [5.74, 6) is -0.922. The largest absolute Gasteiger partial charge is 0.420 e. The van der Waals surface area contributed by atoms with E-state index in [0.29, 0.717) is 0 Å². The minimum atomic E-state index is -4.58. The molecular weight excluding hydrogens is 307 g/mol. The molecule has 0 bridgehead atoms. The van der Waals surface area contributed by atoms with Crippen molar-refractivity contribution in [1.29, 1.82) is 0 Å². The fourth-order valence-electron chi connectivity index (χ4n) is 2.43. The molecule has 0 radical (unpaired) electrons. The number of methoxy groups -OCH3 is 1. The van der Waals surface area contributed by atoms with Gasteiger partial charge in [0.05, 0.1) is 13.1 Å². The number of likely N-dealkylation sites (tertiary alicyclic amines) is 2. The Morgan fingerprint density at radius 3 is 2.45 bits per heavy atom. The van der Waals surface area contributed by atoms with Crippen LogP contribution < -0.4 is 5.32 Å². The van der Waals surface area contributed by atoms with Crippen molar-refractivity contribution in [3.63, 3.8) is 0 Å². The fraction of sp³-hybridized carbons (Fsp3) is 0.750. The highest BCUT2D eigenvalue weighted by Gasteiger charge is 2.64. The van der Waals surface area contributed by atoms with Crippen LogP contribution in [0.2, 0.25) is 0 Å². The number of likely N-dealkylation sites (N-methyl/N-ethyl adjacent to an activating group) is 1. The summed E-state index contributed by atoms with van der Waals surface area (Å²) in [4.78, 5) is 36.8. The van der Waals surface area contributed by atoms with Gasteiger partial charge in [0, 0.05) is 20.6 Å². The molecule has 2 rings (SSSR count). The number of nitrogens with zero attached hydrogens (tertiary/aromatic N) is 2. The van der Waals surface area contributed by atoms with Crippen LogP contribution in [0.3, 0.4) is 0 Å². The minimum absolute atomic E-state index is 0.0950. The first-order chi connectivity index (χ1) is 10.1. The van der Waals surface area contributed by atoms with Crippen molar-refractivity contribution >= 4 is 17.8 Å². The number of carbonyl (C=O) groups is 3. The highest BCUT2D eigenvalue weighted by Crippen LogP contribution is 2.40. The van der Waals surface area contributed by atoms with E-state index in [1.165, 1.54) is 7.05 Å². The van der Waals surface area contributed by atoms with Crippen LogP contribution in [0.15, 0.2) is 0 Å². The molecule has 0 aromatic rings. The summed E-state index contributed by atoms with van der Waals surface area (Å²) >= 11 is 0. The Bertz CT molecular complexity index is 502. The highest BCUT2D eigenvalue weighted by atomic mass is 19.4. The highest BCUT2D eigenvalue weighted by molar-refractivity contribution is 6.01. The molecular formula is C12H16F3N3O4. The number of rotatable bonds is 2. The quantitative estimate of drug-likeness (QED) is 0.732. The van der Waals surface area contributed by atoms with Crippen molar-refractivity contribution in [2.24, 2.45) is 0 Å². The molecule has 1 atom stereocenters. The standard InChI is InChI=1S/C12H16F3N3O4/c1-17-8(19)4-3-7(9(17)20)16-10(21)18-5-11(6-18,22-2)12(13,14)15/h7H,3-6H2,1-2H3,(H,16,21). The van der Waals surface area contributed by atoms with E-state index >= 15 is 0 Å². The van der Waals surface area contributed by atoms with Gasteiger partial charge in [0.15, 0.2) is 5.60 Å². The van der Waals surface area contributed by atoms with E-state index in [1.807, 2.05) is 0 Å². The topological polar surface area (TPSA) is 79.0 Å². The molecule has 0 aliphatic carbocycles. The summed E-state index contributed by atoms with van der Waals surface area (Å²) < 4.78 is 43.0. The molecule has 2 heterocycles. The van der Waals surface area contributed by atoms with Gasteiger partial charge in [-0.2, -0.15) is 13.2 Å². The van der Waals surface area contributed by atoms with Gasteiger partial charge in [-0.25, -0.2) is 4.79 Å². The van der Waals surface area contributed by atoms with Crippen molar-refractivity contribution in [3.8, 4) is 0 Å². The molecule has 1 N–H and O–H groups in total. The fourth-order valence-corrected chi connectivity index (χ4v) is 2.43. The summed E-state index contributed by atoms with van der Waals surface area (Å²) in [6, 6.07) is -1.68. The Balaban J connectivity index is 1.93. The zero-order valence-electron chi connectivity index (χ0n) is 12.1. The lowest BCUT2D eigenvalue weighted by molar-refractivity contribution is -0.303. The number of piperidine rings is 1. The third-order valence-corrected chi connectivity index (χ3v) is 4.03. The van der Waals surface area contributed by atoms with Crippen LogP contribution in [-0.4, -0.2) is 72.7 Å². The zero-order valence-corrected chi connectivity index (χ0v) is 12.1. The summed E-state index contributed by atoms with van der Waals surface area (Å²) in [5.41, 5.74) is -2.35. The molecule has 2 fully saturated rings. The first-order valence-electron chi connectivity index (χ1n) is 6.59. The van der Waals surface area contributed by atoms with E-state index < -0.39 is 42.8 Å². The molecule has 2 aliphatic heterocycles. The van der Waals surface area contributed by atoms with Crippen LogP contribution in [0.25, 0.3) is 0 Å². The Morgan fingerprint density at radius 2 is 1.95 bits per heavy atom. The van der Waals surface area contributed by atoms with E-state index in [2.05, 4.69) is 10.1 Å². The average Bonchev–Trinajstić information content (AvgIpc) is 2.37. The molecule has 22 heavy (non-hydrogen) atoms. The smallest absolute Gasteiger partial charge is 0.365 e. The molecule has 4 amide bonds. The van der Waals surface area contributed by atoms with Gasteiger partial charge < -0.3 is 15.0 Å². The van der Waals surface area contributed by atoms with Gasteiger partial charge in [0.2, 0.25) is 5.91 Å². The second-order valence-electron chi connectivity index (χ2n) is 5.38. The monoisotopic (exact) mass is 323 g/mol. The Hall–Kier alpha value is -1.84. The van der Waals surface area contributed by atoms with Crippen LogP contribution in [-0.2, 0) is 14.3 Å². The molecule has 0 aromatic carbocycles. The van der Waals surface area contributed by atoms with E-state index in [0.717, 1.165) is 16.9 Å². The summed E-state index contributed by atoms with van der Waals surface area (Å²) in [6.45, 7) is -1.26. The number of halogens is 3. The normalized spacial score (nSPS) is 25.0. The van der Waals surface area contributed by atoms with Gasteiger partial charge in [0.1, 0.15) is 6.04 Å². The molecule has 2 aliphatic rings. The number of alkyl halides is 3. The third kappa shape index (κ3) is 2.62. The van der Waals surface area contributed by atoms with Crippen molar-refractivity contribution in [2.75, 3.05) is 27.2 Å². The van der Waals surface area contributed by atoms with Crippen LogP contribution in [0.1, 0.15) is 12.8 Å². The number of nitrogens with one attached hydrogen (secondary N) is 1. The maximum atomic E-state index is 12.8. The first kappa shape index (κ1) is 16.5. The average molecular weight is 323 g/mol. The van der Waals surface area contributed by atoms with Crippen LogP contribution >= 0.6 is 0 Å². The van der Waals surface area contributed by atoms with Crippen LogP contribution in [0, 0.1) is 0 Å². The molecule has 124 valence electrons. The minimum Gasteiger partial charge on any atom is -0.365 e. The van der Waals surface area contributed by atoms with Gasteiger partial charge in [-0.3, -0.25) is 14.5 Å². The second kappa shape index (κ2) is 5.41. The zero-order chi connectivity index (χ0) is 16.7. The maximum absolute atomic E-state index is 12.8. The summed E-state index contributed by atoms with van der Waals surface area (Å²) in [7, 11) is 2.24. The number of urea groups is 1. The van der Waals surface area contributed by atoms with Crippen molar-refractivity contribution in [3.05, 3.63) is 0 Å².